The highest BCUT2D eigenvalue weighted by atomic mass is 16.5. The molecule has 0 unspecified atom stereocenters. The first-order valence-corrected chi connectivity index (χ1v) is 7.14. The molecule has 2 rings (SSSR count). The third-order valence-corrected chi connectivity index (χ3v) is 3.61. The van der Waals surface area contributed by atoms with E-state index >= 15 is 0 Å². The Kier molecular flexibility index (Phi) is 4.96. The number of carbonyl (C=O) groups is 2. The van der Waals surface area contributed by atoms with Gasteiger partial charge < -0.3 is 9.84 Å². The maximum Gasteiger partial charge on any atom is 0.337 e. The van der Waals surface area contributed by atoms with E-state index in [0.29, 0.717) is 16.9 Å². The van der Waals surface area contributed by atoms with Crippen LogP contribution in [0.15, 0.2) is 48.5 Å². The van der Waals surface area contributed by atoms with Gasteiger partial charge in [-0.15, -0.1) is 0 Å². The second-order valence-electron chi connectivity index (χ2n) is 5.15. The van der Waals surface area contributed by atoms with Gasteiger partial charge in [-0.3, -0.25) is 4.79 Å². The van der Waals surface area contributed by atoms with Crippen LogP contribution in [0, 0.1) is 6.92 Å². The first-order valence-electron chi connectivity index (χ1n) is 7.14. The van der Waals surface area contributed by atoms with Crippen molar-refractivity contribution >= 4 is 22.9 Å². The number of carboxylic acids is 1. The molecule has 0 aliphatic rings. The van der Waals surface area contributed by atoms with Crippen LogP contribution in [0.25, 0.3) is 11.1 Å². The molecule has 23 heavy (non-hydrogen) atoms. The van der Waals surface area contributed by atoms with Gasteiger partial charge in [-0.25, -0.2) is 4.79 Å². The van der Waals surface area contributed by atoms with Crippen LogP contribution in [-0.2, 0) is 9.59 Å². The molecule has 0 spiro atoms. The van der Waals surface area contributed by atoms with Gasteiger partial charge in [0.1, 0.15) is 5.75 Å². The van der Waals surface area contributed by atoms with Crippen molar-refractivity contribution in [3.63, 3.8) is 0 Å². The van der Waals surface area contributed by atoms with Crippen LogP contribution >= 0.6 is 0 Å². The van der Waals surface area contributed by atoms with E-state index in [0.717, 1.165) is 5.56 Å². The van der Waals surface area contributed by atoms with Crippen molar-refractivity contribution in [1.82, 2.24) is 0 Å². The predicted molar refractivity (Wildman–Crippen MR) is 89.3 cm³/mol. The zero-order valence-corrected chi connectivity index (χ0v) is 13.3. The topological polar surface area (TPSA) is 63.6 Å². The van der Waals surface area contributed by atoms with Gasteiger partial charge in [0.2, 0.25) is 0 Å². The highest BCUT2D eigenvalue weighted by Crippen LogP contribution is 2.30. The SMILES string of the molecule is COc1ccc(/C(C(C)=O)=C(\C(=O)O)c2ccccc2C)cc1. The highest BCUT2D eigenvalue weighted by molar-refractivity contribution is 6.38. The van der Waals surface area contributed by atoms with Crippen molar-refractivity contribution < 1.29 is 19.4 Å². The molecule has 2 aromatic carbocycles. The van der Waals surface area contributed by atoms with Crippen molar-refractivity contribution in [2.75, 3.05) is 7.11 Å². The Bertz CT molecular complexity index is 770. The minimum absolute atomic E-state index is 0.0146. The molecule has 0 aromatic heterocycles. The standard InChI is InChI=1S/C19H18O4/c1-12-6-4-5-7-16(12)18(19(21)22)17(13(2)20)14-8-10-15(23-3)11-9-14/h4-11H,1-3H3,(H,21,22)/b18-17-. The van der Waals surface area contributed by atoms with Crippen LogP contribution < -0.4 is 4.74 Å². The normalized spacial score (nSPS) is 11.6. The second kappa shape index (κ2) is 6.92. The lowest BCUT2D eigenvalue weighted by Crippen LogP contribution is -2.09. The van der Waals surface area contributed by atoms with E-state index in [1.165, 1.54) is 6.92 Å². The first kappa shape index (κ1) is 16.5. The van der Waals surface area contributed by atoms with Gasteiger partial charge in [0, 0.05) is 5.57 Å². The van der Waals surface area contributed by atoms with Crippen molar-refractivity contribution in [2.45, 2.75) is 13.8 Å². The molecule has 0 saturated carbocycles. The molecule has 0 heterocycles. The van der Waals surface area contributed by atoms with E-state index in [4.69, 9.17) is 4.74 Å². The molecule has 0 aliphatic carbocycles. The first-order chi connectivity index (χ1) is 11.0. The van der Waals surface area contributed by atoms with Gasteiger partial charge in [0.15, 0.2) is 5.78 Å². The third-order valence-electron chi connectivity index (χ3n) is 3.61. The fourth-order valence-electron chi connectivity index (χ4n) is 2.49. The van der Waals surface area contributed by atoms with Crippen molar-refractivity contribution in [3.05, 3.63) is 65.2 Å². The van der Waals surface area contributed by atoms with Gasteiger partial charge in [-0.05, 0) is 42.7 Å². The summed E-state index contributed by atoms with van der Waals surface area (Å²) in [5.41, 5.74) is 2.10. The van der Waals surface area contributed by atoms with Gasteiger partial charge in [-0.1, -0.05) is 36.4 Å². The van der Waals surface area contributed by atoms with Gasteiger partial charge in [0.05, 0.1) is 12.7 Å². The number of methoxy groups -OCH3 is 1. The lowest BCUT2D eigenvalue weighted by atomic mass is 9.90. The van der Waals surface area contributed by atoms with E-state index in [9.17, 15) is 14.7 Å². The number of benzene rings is 2. The summed E-state index contributed by atoms with van der Waals surface area (Å²) in [6.07, 6.45) is 0. The molecule has 0 atom stereocenters. The third kappa shape index (κ3) is 3.48. The Labute approximate surface area is 135 Å². The molecule has 0 aliphatic heterocycles. The number of hydrogen-bond acceptors (Lipinski definition) is 3. The molecule has 0 amide bonds. The molecule has 0 saturated heterocycles. The number of hydrogen-bond donors (Lipinski definition) is 1. The number of rotatable bonds is 5. The van der Waals surface area contributed by atoms with Crippen LogP contribution in [0.1, 0.15) is 23.6 Å². The van der Waals surface area contributed by atoms with E-state index < -0.39 is 5.97 Å². The number of carboxylic acid groups (broad SMARTS) is 1. The summed E-state index contributed by atoms with van der Waals surface area (Å²) >= 11 is 0. The Balaban J connectivity index is 2.75. The molecule has 0 radical (unpaired) electrons. The minimum atomic E-state index is -1.12. The monoisotopic (exact) mass is 310 g/mol. The minimum Gasteiger partial charge on any atom is -0.497 e. The quantitative estimate of drug-likeness (QED) is 0.677. The summed E-state index contributed by atoms with van der Waals surface area (Å²) in [7, 11) is 1.55. The smallest absolute Gasteiger partial charge is 0.337 e. The van der Waals surface area contributed by atoms with E-state index in [1.807, 2.05) is 19.1 Å². The van der Waals surface area contributed by atoms with Crippen molar-refractivity contribution in [2.24, 2.45) is 0 Å². The summed E-state index contributed by atoms with van der Waals surface area (Å²) in [6.45, 7) is 3.20. The van der Waals surface area contributed by atoms with Crippen molar-refractivity contribution in [3.8, 4) is 5.75 Å². The molecule has 4 heteroatoms. The lowest BCUT2D eigenvalue weighted by Gasteiger charge is -2.13. The Morgan fingerprint density at radius 1 is 0.957 bits per heavy atom. The molecule has 4 nitrogen and oxygen atoms in total. The number of ether oxygens (including phenoxy) is 1. The fourth-order valence-corrected chi connectivity index (χ4v) is 2.49. The molecular formula is C19H18O4. The maximum atomic E-state index is 12.2. The van der Waals surface area contributed by atoms with Crippen LogP contribution in [0.4, 0.5) is 0 Å². The van der Waals surface area contributed by atoms with Crippen LogP contribution in [-0.4, -0.2) is 24.0 Å². The van der Waals surface area contributed by atoms with E-state index in [2.05, 4.69) is 0 Å². The summed E-state index contributed by atoms with van der Waals surface area (Å²) < 4.78 is 5.10. The predicted octanol–water partition coefficient (Wildman–Crippen LogP) is 3.59. The highest BCUT2D eigenvalue weighted by Gasteiger charge is 2.22. The van der Waals surface area contributed by atoms with Gasteiger partial charge in [-0.2, -0.15) is 0 Å². The van der Waals surface area contributed by atoms with E-state index in [-0.39, 0.29) is 16.9 Å². The lowest BCUT2D eigenvalue weighted by molar-refractivity contribution is -0.130. The summed E-state index contributed by atoms with van der Waals surface area (Å²) in [6, 6.07) is 13.9. The molecule has 0 bridgehead atoms. The average Bonchev–Trinajstić information content (AvgIpc) is 2.53. The largest absolute Gasteiger partial charge is 0.497 e. The van der Waals surface area contributed by atoms with Gasteiger partial charge >= 0.3 is 5.97 Å². The summed E-state index contributed by atoms with van der Waals surface area (Å²) in [5, 5.41) is 9.70. The zero-order chi connectivity index (χ0) is 17.0. The number of allylic oxidation sites excluding steroid dienone is 1. The number of Topliss-reactive ketones (excluding diaryl/α,β-unsaturated/α-hetero) is 1. The van der Waals surface area contributed by atoms with Crippen LogP contribution in [0.3, 0.4) is 0 Å². The Morgan fingerprint density at radius 2 is 1.57 bits per heavy atom. The Hall–Kier alpha value is -2.88. The average molecular weight is 310 g/mol. The van der Waals surface area contributed by atoms with Gasteiger partial charge in [0.25, 0.3) is 0 Å². The number of carbonyl (C=O) groups excluding carboxylic acids is 1. The Morgan fingerprint density at radius 3 is 2.04 bits per heavy atom. The number of aliphatic carboxylic acids is 1. The molecule has 1 N–H and O–H groups in total. The fraction of sp³-hybridized carbons (Fsp3) is 0.158. The summed E-state index contributed by atoms with van der Waals surface area (Å²) in [5.74, 6) is -0.777. The maximum absolute atomic E-state index is 12.2. The number of ketones is 1. The summed E-state index contributed by atoms with van der Waals surface area (Å²) in [4.78, 5) is 24.0. The van der Waals surface area contributed by atoms with Crippen LogP contribution in [0.2, 0.25) is 0 Å². The van der Waals surface area contributed by atoms with Crippen LogP contribution in [0.5, 0.6) is 5.75 Å². The number of aryl methyl sites for hydroxylation is 1. The second-order valence-corrected chi connectivity index (χ2v) is 5.15. The van der Waals surface area contributed by atoms with E-state index in [1.54, 1.807) is 43.5 Å². The molecule has 118 valence electrons. The molecular weight excluding hydrogens is 292 g/mol. The molecule has 0 fully saturated rings. The zero-order valence-electron chi connectivity index (χ0n) is 13.3. The van der Waals surface area contributed by atoms with Crippen molar-refractivity contribution in [1.29, 1.82) is 0 Å². The molecule has 2 aromatic rings.